The summed E-state index contributed by atoms with van der Waals surface area (Å²) >= 11 is 1.86. The van der Waals surface area contributed by atoms with Gasteiger partial charge in [0.15, 0.2) is 0 Å². The SMILES string of the molecule is O=C(c1ncco1)C1CCN(Cc2cc3ccccc3s2)CC1. The van der Waals surface area contributed by atoms with Crippen molar-refractivity contribution in [2.45, 2.75) is 19.4 Å². The average molecular weight is 326 g/mol. The van der Waals surface area contributed by atoms with Gasteiger partial charge in [-0.25, -0.2) is 4.98 Å². The number of carbonyl (C=O) groups excluding carboxylic acids is 1. The second-order valence-electron chi connectivity index (χ2n) is 6.00. The number of carbonyl (C=O) groups is 1. The van der Waals surface area contributed by atoms with E-state index in [0.29, 0.717) is 0 Å². The number of hydrogen-bond acceptors (Lipinski definition) is 5. The van der Waals surface area contributed by atoms with Gasteiger partial charge in [0.05, 0.1) is 6.20 Å². The van der Waals surface area contributed by atoms with Crippen LogP contribution in [-0.4, -0.2) is 28.8 Å². The van der Waals surface area contributed by atoms with Gasteiger partial charge < -0.3 is 4.42 Å². The number of benzene rings is 1. The number of likely N-dealkylation sites (tertiary alicyclic amines) is 1. The number of nitrogens with zero attached hydrogens (tertiary/aromatic N) is 2. The largest absolute Gasteiger partial charge is 0.442 e. The van der Waals surface area contributed by atoms with Gasteiger partial charge in [-0.3, -0.25) is 9.69 Å². The van der Waals surface area contributed by atoms with E-state index in [0.717, 1.165) is 32.5 Å². The van der Waals surface area contributed by atoms with Crippen LogP contribution < -0.4 is 0 Å². The van der Waals surface area contributed by atoms with E-state index in [9.17, 15) is 4.79 Å². The van der Waals surface area contributed by atoms with Crippen LogP contribution in [0, 0.1) is 5.92 Å². The molecule has 0 spiro atoms. The van der Waals surface area contributed by atoms with Gasteiger partial charge >= 0.3 is 0 Å². The van der Waals surface area contributed by atoms with Crippen molar-refractivity contribution in [2.24, 2.45) is 5.92 Å². The monoisotopic (exact) mass is 326 g/mol. The molecule has 0 unspecified atom stereocenters. The summed E-state index contributed by atoms with van der Waals surface area (Å²) in [6.45, 7) is 2.87. The Morgan fingerprint density at radius 1 is 1.30 bits per heavy atom. The van der Waals surface area contributed by atoms with Crippen LogP contribution in [-0.2, 0) is 6.54 Å². The molecule has 0 amide bonds. The molecular formula is C18H18N2O2S. The summed E-state index contributed by atoms with van der Waals surface area (Å²) < 4.78 is 6.48. The molecule has 5 heteroatoms. The fourth-order valence-corrected chi connectivity index (χ4v) is 4.32. The summed E-state index contributed by atoms with van der Waals surface area (Å²) in [4.78, 5) is 20.1. The first kappa shape index (κ1) is 14.6. The number of piperidine rings is 1. The first-order chi connectivity index (χ1) is 11.3. The number of hydrogen-bond donors (Lipinski definition) is 0. The van der Waals surface area contributed by atoms with Crippen molar-refractivity contribution in [3.8, 4) is 0 Å². The van der Waals surface area contributed by atoms with E-state index < -0.39 is 0 Å². The third-order valence-electron chi connectivity index (χ3n) is 4.46. The van der Waals surface area contributed by atoms with Crippen LogP contribution in [0.25, 0.3) is 10.1 Å². The molecule has 1 fully saturated rings. The Hall–Kier alpha value is -1.98. The highest BCUT2D eigenvalue weighted by Crippen LogP contribution is 2.28. The van der Waals surface area contributed by atoms with Crippen molar-refractivity contribution in [2.75, 3.05) is 13.1 Å². The lowest BCUT2D eigenvalue weighted by Crippen LogP contribution is -2.35. The van der Waals surface area contributed by atoms with E-state index in [4.69, 9.17) is 4.42 Å². The zero-order valence-corrected chi connectivity index (χ0v) is 13.6. The second-order valence-corrected chi connectivity index (χ2v) is 7.17. The molecule has 23 heavy (non-hydrogen) atoms. The fraction of sp³-hybridized carbons (Fsp3) is 0.333. The number of aromatic nitrogens is 1. The molecule has 0 saturated carbocycles. The van der Waals surface area contributed by atoms with Crippen LogP contribution in [0.1, 0.15) is 28.4 Å². The molecule has 0 atom stereocenters. The summed E-state index contributed by atoms with van der Waals surface area (Å²) in [5.74, 6) is 0.358. The summed E-state index contributed by atoms with van der Waals surface area (Å²) in [5.41, 5.74) is 0. The Morgan fingerprint density at radius 2 is 2.13 bits per heavy atom. The molecule has 3 aromatic rings. The second kappa shape index (κ2) is 6.26. The Balaban J connectivity index is 1.37. The normalized spacial score (nSPS) is 16.9. The van der Waals surface area contributed by atoms with Gasteiger partial charge in [0.25, 0.3) is 5.89 Å². The molecular weight excluding hydrogens is 308 g/mol. The number of Topliss-reactive ketones (excluding diaryl/α,β-unsaturated/α-hetero) is 1. The highest BCUT2D eigenvalue weighted by molar-refractivity contribution is 7.19. The molecule has 0 aliphatic carbocycles. The lowest BCUT2D eigenvalue weighted by Gasteiger charge is -2.30. The molecule has 1 saturated heterocycles. The van der Waals surface area contributed by atoms with Gasteiger partial charge in [-0.1, -0.05) is 18.2 Å². The molecule has 4 nitrogen and oxygen atoms in total. The summed E-state index contributed by atoms with van der Waals surface area (Å²) in [6, 6.07) is 10.8. The molecule has 2 aromatic heterocycles. The first-order valence-corrected chi connectivity index (χ1v) is 8.75. The van der Waals surface area contributed by atoms with Crippen LogP contribution in [0.15, 0.2) is 47.2 Å². The molecule has 0 bridgehead atoms. The predicted molar refractivity (Wildman–Crippen MR) is 90.7 cm³/mol. The van der Waals surface area contributed by atoms with Crippen molar-refractivity contribution in [1.82, 2.24) is 9.88 Å². The minimum atomic E-state index is 0.0484. The van der Waals surface area contributed by atoms with Crippen LogP contribution in [0.2, 0.25) is 0 Å². The Morgan fingerprint density at radius 3 is 2.87 bits per heavy atom. The molecule has 1 aliphatic rings. The third kappa shape index (κ3) is 3.07. The van der Waals surface area contributed by atoms with Gasteiger partial charge in [0.1, 0.15) is 6.26 Å². The Bertz CT molecular complexity index is 768. The van der Waals surface area contributed by atoms with E-state index >= 15 is 0 Å². The Labute approximate surface area is 138 Å². The van der Waals surface area contributed by atoms with Gasteiger partial charge in [-0.2, -0.15) is 0 Å². The topological polar surface area (TPSA) is 46.3 Å². The number of fused-ring (bicyclic) bond motifs is 1. The van der Waals surface area contributed by atoms with Crippen molar-refractivity contribution in [3.05, 3.63) is 53.6 Å². The lowest BCUT2D eigenvalue weighted by molar-refractivity contribution is 0.0800. The molecule has 0 N–H and O–H groups in total. The minimum absolute atomic E-state index is 0.0484. The number of ketones is 1. The van der Waals surface area contributed by atoms with Crippen LogP contribution >= 0.6 is 11.3 Å². The maximum atomic E-state index is 12.3. The van der Waals surface area contributed by atoms with Crippen LogP contribution in [0.4, 0.5) is 0 Å². The highest BCUT2D eigenvalue weighted by Gasteiger charge is 2.28. The lowest BCUT2D eigenvalue weighted by atomic mass is 9.92. The smallest absolute Gasteiger partial charge is 0.263 e. The number of rotatable bonds is 4. The third-order valence-corrected chi connectivity index (χ3v) is 5.56. The van der Waals surface area contributed by atoms with E-state index in [1.54, 1.807) is 0 Å². The summed E-state index contributed by atoms with van der Waals surface area (Å²) in [5, 5.41) is 1.32. The van der Waals surface area contributed by atoms with E-state index in [2.05, 4.69) is 40.2 Å². The minimum Gasteiger partial charge on any atom is -0.442 e. The predicted octanol–water partition coefficient (Wildman–Crippen LogP) is 3.98. The highest BCUT2D eigenvalue weighted by atomic mass is 32.1. The van der Waals surface area contributed by atoms with E-state index in [1.807, 2.05) is 11.3 Å². The molecule has 1 aliphatic heterocycles. The number of thiophene rings is 1. The first-order valence-electron chi connectivity index (χ1n) is 7.93. The maximum Gasteiger partial charge on any atom is 0.263 e. The summed E-state index contributed by atoms with van der Waals surface area (Å²) in [7, 11) is 0. The van der Waals surface area contributed by atoms with Crippen molar-refractivity contribution >= 4 is 27.2 Å². The van der Waals surface area contributed by atoms with Crippen LogP contribution in [0.3, 0.4) is 0 Å². The zero-order valence-electron chi connectivity index (χ0n) is 12.8. The van der Waals surface area contributed by atoms with Gasteiger partial charge in [-0.05, 0) is 43.5 Å². The van der Waals surface area contributed by atoms with Gasteiger partial charge in [0.2, 0.25) is 5.78 Å². The average Bonchev–Trinajstić information content (AvgIpc) is 3.24. The maximum absolute atomic E-state index is 12.3. The Kier molecular flexibility index (Phi) is 3.97. The van der Waals surface area contributed by atoms with Crippen molar-refractivity contribution < 1.29 is 9.21 Å². The standard InChI is InChI=1S/C18H18N2O2S/c21-17(18-19-7-10-22-18)13-5-8-20(9-6-13)12-15-11-14-3-1-2-4-16(14)23-15/h1-4,7,10-11,13H,5-6,8-9,12H2. The molecule has 3 heterocycles. The molecule has 1 aromatic carbocycles. The van der Waals surface area contributed by atoms with E-state index in [1.165, 1.54) is 27.4 Å². The molecule has 4 rings (SSSR count). The van der Waals surface area contributed by atoms with Gasteiger partial charge in [0, 0.05) is 22.0 Å². The molecule has 0 radical (unpaired) electrons. The zero-order chi connectivity index (χ0) is 15.6. The van der Waals surface area contributed by atoms with Crippen molar-refractivity contribution in [3.63, 3.8) is 0 Å². The van der Waals surface area contributed by atoms with Crippen molar-refractivity contribution in [1.29, 1.82) is 0 Å². The van der Waals surface area contributed by atoms with E-state index in [-0.39, 0.29) is 17.6 Å². The fourth-order valence-electron chi connectivity index (χ4n) is 3.21. The van der Waals surface area contributed by atoms with Gasteiger partial charge in [-0.15, -0.1) is 11.3 Å². The molecule has 118 valence electrons. The summed E-state index contributed by atoms with van der Waals surface area (Å²) in [6.07, 6.45) is 4.76. The quantitative estimate of drug-likeness (QED) is 0.680. The number of oxazole rings is 1. The van der Waals surface area contributed by atoms with Crippen LogP contribution in [0.5, 0.6) is 0 Å².